The Kier molecular flexibility index (Phi) is 4.57. The van der Waals surface area contributed by atoms with Crippen LogP contribution in [-0.4, -0.2) is 19.2 Å². The van der Waals surface area contributed by atoms with Crippen molar-refractivity contribution in [2.24, 2.45) is 5.92 Å². The monoisotopic (exact) mass is 288 g/mol. The van der Waals surface area contributed by atoms with E-state index in [0.717, 1.165) is 36.9 Å². The molecule has 1 heterocycles. The van der Waals surface area contributed by atoms with E-state index in [1.54, 1.807) is 0 Å². The maximum atomic E-state index is 6.10. The lowest BCUT2D eigenvalue weighted by molar-refractivity contribution is 0.243. The van der Waals surface area contributed by atoms with Crippen LogP contribution in [0.3, 0.4) is 0 Å². The van der Waals surface area contributed by atoms with Crippen molar-refractivity contribution in [2.75, 3.05) is 23.8 Å². The molecule has 0 bridgehead atoms. The number of ether oxygens (including phenoxy) is 1. The summed E-state index contributed by atoms with van der Waals surface area (Å²) < 4.78 is 5.80. The van der Waals surface area contributed by atoms with Gasteiger partial charge >= 0.3 is 0 Å². The van der Waals surface area contributed by atoms with Gasteiger partial charge in [-0.2, -0.15) is 0 Å². The molecule has 0 amide bonds. The Bertz CT molecular complexity index is 472. The molecule has 2 aliphatic rings. The summed E-state index contributed by atoms with van der Waals surface area (Å²) in [4.78, 5) is 2.60. The van der Waals surface area contributed by atoms with Crippen molar-refractivity contribution in [3.63, 3.8) is 0 Å². The zero-order valence-electron chi connectivity index (χ0n) is 13.2. The summed E-state index contributed by atoms with van der Waals surface area (Å²) in [5.41, 5.74) is 8.18. The van der Waals surface area contributed by atoms with Gasteiger partial charge in [-0.3, -0.25) is 0 Å². The Morgan fingerprint density at radius 2 is 1.95 bits per heavy atom. The number of fused-ring (bicyclic) bond motifs is 1. The third kappa shape index (κ3) is 3.28. The van der Waals surface area contributed by atoms with Crippen molar-refractivity contribution in [1.82, 2.24) is 0 Å². The second-order valence-electron chi connectivity index (χ2n) is 6.56. The number of rotatable bonds is 4. The molecule has 3 nitrogen and oxygen atoms in total. The van der Waals surface area contributed by atoms with Crippen molar-refractivity contribution in [3.05, 3.63) is 18.2 Å². The fraction of sp³-hybridized carbons (Fsp3) is 0.667. The number of anilines is 2. The summed E-state index contributed by atoms with van der Waals surface area (Å²) in [5, 5.41) is 0. The van der Waals surface area contributed by atoms with E-state index in [4.69, 9.17) is 10.5 Å². The van der Waals surface area contributed by atoms with E-state index in [2.05, 4.69) is 24.0 Å². The first kappa shape index (κ1) is 14.6. The van der Waals surface area contributed by atoms with Gasteiger partial charge in [0.2, 0.25) is 0 Å². The minimum atomic E-state index is 0.716. The van der Waals surface area contributed by atoms with Crippen LogP contribution >= 0.6 is 0 Å². The maximum Gasteiger partial charge on any atom is 0.123 e. The van der Waals surface area contributed by atoms with E-state index in [1.165, 1.54) is 44.2 Å². The largest absolute Gasteiger partial charge is 0.493 e. The van der Waals surface area contributed by atoms with E-state index in [-0.39, 0.29) is 0 Å². The van der Waals surface area contributed by atoms with Crippen LogP contribution in [0.25, 0.3) is 0 Å². The quantitative estimate of drug-likeness (QED) is 0.843. The summed E-state index contributed by atoms with van der Waals surface area (Å²) in [6.45, 7) is 4.05. The van der Waals surface area contributed by atoms with Gasteiger partial charge in [0.1, 0.15) is 5.75 Å². The third-order valence-corrected chi connectivity index (χ3v) is 4.96. The molecule has 2 atom stereocenters. The van der Waals surface area contributed by atoms with Crippen LogP contribution in [0.5, 0.6) is 5.75 Å². The Morgan fingerprint density at radius 3 is 2.81 bits per heavy atom. The van der Waals surface area contributed by atoms with Crippen LogP contribution in [-0.2, 0) is 0 Å². The number of piperidine rings is 1. The topological polar surface area (TPSA) is 38.5 Å². The molecule has 2 N–H and O–H groups in total. The highest BCUT2D eigenvalue weighted by molar-refractivity contribution is 5.61. The van der Waals surface area contributed by atoms with E-state index in [1.807, 2.05) is 6.07 Å². The van der Waals surface area contributed by atoms with Gasteiger partial charge in [-0.15, -0.1) is 0 Å². The SMILES string of the molecule is CCCOc1cc(N)cc(N2CCC[C@H]3CCCC[C@H]32)c1. The van der Waals surface area contributed by atoms with E-state index >= 15 is 0 Å². The molecule has 0 spiro atoms. The smallest absolute Gasteiger partial charge is 0.123 e. The van der Waals surface area contributed by atoms with Crippen LogP contribution in [0, 0.1) is 5.92 Å². The first-order valence-corrected chi connectivity index (χ1v) is 8.58. The van der Waals surface area contributed by atoms with Gasteiger partial charge in [0.15, 0.2) is 0 Å². The summed E-state index contributed by atoms with van der Waals surface area (Å²) in [6, 6.07) is 6.97. The first-order valence-electron chi connectivity index (χ1n) is 8.58. The van der Waals surface area contributed by atoms with Crippen LogP contribution in [0.1, 0.15) is 51.9 Å². The molecule has 1 aliphatic carbocycles. The Morgan fingerprint density at radius 1 is 1.14 bits per heavy atom. The Labute approximate surface area is 128 Å². The average molecular weight is 288 g/mol. The fourth-order valence-corrected chi connectivity index (χ4v) is 4.02. The van der Waals surface area contributed by atoms with E-state index in [0.29, 0.717) is 6.04 Å². The molecule has 2 fully saturated rings. The average Bonchev–Trinajstić information content (AvgIpc) is 2.52. The lowest BCUT2D eigenvalue weighted by Gasteiger charge is -2.45. The van der Waals surface area contributed by atoms with Gasteiger partial charge in [-0.05, 0) is 44.1 Å². The Balaban J connectivity index is 1.82. The molecule has 0 unspecified atom stereocenters. The Hall–Kier alpha value is -1.38. The van der Waals surface area contributed by atoms with E-state index in [9.17, 15) is 0 Å². The number of nitrogens with zero attached hydrogens (tertiary/aromatic N) is 1. The molecular formula is C18H28N2O. The van der Waals surface area contributed by atoms with Crippen molar-refractivity contribution in [3.8, 4) is 5.75 Å². The molecule has 21 heavy (non-hydrogen) atoms. The van der Waals surface area contributed by atoms with Gasteiger partial charge in [0.05, 0.1) is 6.61 Å². The molecular weight excluding hydrogens is 260 g/mol. The molecule has 116 valence electrons. The normalized spacial score (nSPS) is 25.5. The zero-order chi connectivity index (χ0) is 14.7. The third-order valence-electron chi connectivity index (χ3n) is 4.96. The lowest BCUT2D eigenvalue weighted by Crippen LogP contribution is -2.46. The van der Waals surface area contributed by atoms with Crippen molar-refractivity contribution >= 4 is 11.4 Å². The number of nitrogens with two attached hydrogens (primary N) is 1. The zero-order valence-corrected chi connectivity index (χ0v) is 13.2. The fourth-order valence-electron chi connectivity index (χ4n) is 4.02. The molecule has 1 aromatic rings. The van der Waals surface area contributed by atoms with E-state index < -0.39 is 0 Å². The van der Waals surface area contributed by atoms with Gasteiger partial charge in [-0.25, -0.2) is 0 Å². The van der Waals surface area contributed by atoms with Crippen LogP contribution < -0.4 is 15.4 Å². The summed E-state index contributed by atoms with van der Waals surface area (Å²) in [5.74, 6) is 1.80. The van der Waals surface area contributed by atoms with Crippen LogP contribution in [0.15, 0.2) is 18.2 Å². The second kappa shape index (κ2) is 6.59. The second-order valence-corrected chi connectivity index (χ2v) is 6.56. The van der Waals surface area contributed by atoms with Crippen molar-refractivity contribution in [2.45, 2.75) is 57.9 Å². The van der Waals surface area contributed by atoms with Crippen molar-refractivity contribution < 1.29 is 4.74 Å². The molecule has 1 aromatic carbocycles. The molecule has 0 radical (unpaired) electrons. The summed E-state index contributed by atoms with van der Waals surface area (Å²) in [7, 11) is 0. The minimum absolute atomic E-state index is 0.716. The molecule has 1 aliphatic heterocycles. The van der Waals surface area contributed by atoms with Crippen molar-refractivity contribution in [1.29, 1.82) is 0 Å². The highest BCUT2D eigenvalue weighted by atomic mass is 16.5. The molecule has 0 aromatic heterocycles. The standard InChI is InChI=1S/C18H28N2O/c1-2-10-21-17-12-15(19)11-16(13-17)20-9-5-7-14-6-3-4-8-18(14)20/h11-14,18H,2-10,19H2,1H3/t14-,18-/m1/s1. The lowest BCUT2D eigenvalue weighted by atomic mass is 9.78. The summed E-state index contributed by atoms with van der Waals surface area (Å²) in [6.07, 6.45) is 9.27. The van der Waals surface area contributed by atoms with Crippen LogP contribution in [0.4, 0.5) is 11.4 Å². The number of hydrogen-bond donors (Lipinski definition) is 1. The predicted molar refractivity (Wildman–Crippen MR) is 89.0 cm³/mol. The maximum absolute atomic E-state index is 6.10. The summed E-state index contributed by atoms with van der Waals surface area (Å²) >= 11 is 0. The molecule has 3 rings (SSSR count). The molecule has 3 heteroatoms. The van der Waals surface area contributed by atoms with Gasteiger partial charge in [-0.1, -0.05) is 19.8 Å². The van der Waals surface area contributed by atoms with Gasteiger partial charge < -0.3 is 15.4 Å². The highest BCUT2D eigenvalue weighted by Crippen LogP contribution is 2.39. The molecule has 1 saturated carbocycles. The number of nitrogen functional groups attached to an aromatic ring is 1. The first-order chi connectivity index (χ1) is 10.3. The highest BCUT2D eigenvalue weighted by Gasteiger charge is 2.33. The molecule has 1 saturated heterocycles. The number of hydrogen-bond acceptors (Lipinski definition) is 3. The van der Waals surface area contributed by atoms with Gasteiger partial charge in [0, 0.05) is 36.1 Å². The predicted octanol–water partition coefficient (Wildman–Crippen LogP) is 4.22. The van der Waals surface area contributed by atoms with Gasteiger partial charge in [0.25, 0.3) is 0 Å². The number of benzene rings is 1. The van der Waals surface area contributed by atoms with Crippen LogP contribution in [0.2, 0.25) is 0 Å². The minimum Gasteiger partial charge on any atom is -0.493 e.